The molecule has 3 aromatic rings. The average Bonchev–Trinajstić information content (AvgIpc) is 3.13. The van der Waals surface area contributed by atoms with E-state index in [2.05, 4.69) is 9.58 Å². The number of rotatable bonds is 10. The molecule has 0 radical (unpaired) electrons. The average molecular weight is 723 g/mol. The van der Waals surface area contributed by atoms with Gasteiger partial charge in [0.25, 0.3) is 11.5 Å². The number of carbonyl (C=O) groups is 2. The molecule has 0 aromatic heterocycles. The summed E-state index contributed by atoms with van der Waals surface area (Å²) in [6.45, 7) is 4.03. The van der Waals surface area contributed by atoms with Gasteiger partial charge in [0.15, 0.2) is 5.78 Å². The monoisotopic (exact) mass is 722 g/mol. The maximum Gasteiger partial charge on any atom is 0.362 e. The number of Topliss-reactive ketones (excluding diaryl/α,β-unsaturated/α-hetero) is 1. The Labute approximate surface area is 294 Å². The highest BCUT2D eigenvalue weighted by molar-refractivity contribution is 7.88. The van der Waals surface area contributed by atoms with E-state index in [-0.39, 0.29) is 62.3 Å². The second-order valence-corrected chi connectivity index (χ2v) is 15.2. The number of hydrogen-bond acceptors (Lipinski definition) is 8. The van der Waals surface area contributed by atoms with E-state index in [4.69, 9.17) is 19.4 Å². The van der Waals surface area contributed by atoms with Gasteiger partial charge in [-0.15, -0.1) is 0 Å². The topological polar surface area (TPSA) is 194 Å². The second kappa shape index (κ2) is 13.5. The molecule has 0 spiro atoms. The molecule has 0 saturated carbocycles. The number of allylic oxidation sites excluding steroid dienone is 5. The molecule has 0 heterocycles. The van der Waals surface area contributed by atoms with Gasteiger partial charge in [-0.2, -0.15) is 26.4 Å². The van der Waals surface area contributed by atoms with Crippen molar-refractivity contribution in [1.82, 2.24) is 0 Å². The van der Waals surface area contributed by atoms with Crippen molar-refractivity contribution in [3.63, 3.8) is 0 Å². The Morgan fingerprint density at radius 3 is 1.98 bits per heavy atom. The quantitative estimate of drug-likeness (QED) is 0.147. The Morgan fingerprint density at radius 1 is 0.765 bits per heavy atom. The first-order chi connectivity index (χ1) is 24.4. The molecule has 12 nitrogen and oxygen atoms in total. The first-order valence-electron chi connectivity index (χ1n) is 15.9. The van der Waals surface area contributed by atoms with Crippen LogP contribution < -0.4 is 8.37 Å². The molecule has 3 aliphatic carbocycles. The van der Waals surface area contributed by atoms with Crippen LogP contribution in [0.2, 0.25) is 0 Å². The van der Waals surface area contributed by atoms with Gasteiger partial charge in [0.2, 0.25) is 0 Å². The van der Waals surface area contributed by atoms with Gasteiger partial charge < -0.3 is 19.4 Å². The third kappa shape index (κ3) is 6.37. The number of nitrogens with zero attached hydrogens (tertiary/aromatic N) is 4. The molecule has 1 atom stereocenters. The van der Waals surface area contributed by atoms with Crippen molar-refractivity contribution >= 4 is 49.3 Å². The first-order valence-corrected chi connectivity index (χ1v) is 18.8. The summed E-state index contributed by atoms with van der Waals surface area (Å²) in [5, 5.41) is -1.23. The van der Waals surface area contributed by atoms with E-state index in [1.54, 1.807) is 48.5 Å². The molecule has 0 N–H and O–H groups in total. The maximum atomic E-state index is 13.4. The van der Waals surface area contributed by atoms with Crippen LogP contribution in [0.4, 0.5) is 0 Å². The van der Waals surface area contributed by atoms with Crippen LogP contribution in [0.1, 0.15) is 60.2 Å². The summed E-state index contributed by atoms with van der Waals surface area (Å²) >= 11 is 0. The van der Waals surface area contributed by atoms with Gasteiger partial charge >= 0.3 is 25.9 Å². The van der Waals surface area contributed by atoms with Crippen LogP contribution in [-0.2, 0) is 30.4 Å². The van der Waals surface area contributed by atoms with Gasteiger partial charge in [-0.25, -0.2) is 0 Å². The molecule has 0 saturated heterocycles. The van der Waals surface area contributed by atoms with Crippen molar-refractivity contribution in [3.8, 4) is 11.5 Å². The Balaban J connectivity index is 1.22. The zero-order valence-electron chi connectivity index (χ0n) is 27.4. The van der Waals surface area contributed by atoms with E-state index in [1.165, 1.54) is 54.7 Å². The van der Waals surface area contributed by atoms with E-state index in [9.17, 15) is 26.4 Å². The number of benzene rings is 3. The minimum atomic E-state index is -4.37. The minimum Gasteiger partial charge on any atom is -0.382 e. The Morgan fingerprint density at radius 2 is 1.39 bits per heavy atom. The summed E-state index contributed by atoms with van der Waals surface area (Å²) in [6, 6.07) is 17.5. The smallest absolute Gasteiger partial charge is 0.362 e. The molecule has 51 heavy (non-hydrogen) atoms. The van der Waals surface area contributed by atoms with Crippen molar-refractivity contribution < 1.29 is 44.4 Å². The predicted octanol–water partition coefficient (Wildman–Crippen LogP) is 5.58. The SMILES string of the molecule is CCC(CC)(c1ccc(OS(=O)(=O)c2cccc3c2C=CC(=[N+]=[N-])C3=O)cc1)c1ccc(OS(=O)(=O)C2C=CC(=O)C3=C2C=CC(=[N+]=[N-])C3)cc1. The van der Waals surface area contributed by atoms with Crippen LogP contribution in [0, 0.1) is 0 Å². The van der Waals surface area contributed by atoms with Crippen molar-refractivity contribution in [2.24, 2.45) is 0 Å². The zero-order chi connectivity index (χ0) is 36.6. The number of hydrogen-bond donors (Lipinski definition) is 0. The molecule has 3 aliphatic rings. The normalized spacial score (nSPS) is 17.1. The Kier molecular flexibility index (Phi) is 9.28. The van der Waals surface area contributed by atoms with Crippen molar-refractivity contribution in [2.75, 3.05) is 0 Å². The molecule has 258 valence electrons. The minimum absolute atomic E-state index is 0.00272. The summed E-state index contributed by atoms with van der Waals surface area (Å²) in [6.07, 6.45) is 9.29. The van der Waals surface area contributed by atoms with Gasteiger partial charge in [0, 0.05) is 34.3 Å². The summed E-state index contributed by atoms with van der Waals surface area (Å²) in [5.41, 5.74) is 20.1. The van der Waals surface area contributed by atoms with Gasteiger partial charge in [-0.05, 0) is 78.1 Å². The lowest BCUT2D eigenvalue weighted by molar-refractivity contribution is -0.111. The lowest BCUT2D eigenvalue weighted by atomic mass is 9.70. The van der Waals surface area contributed by atoms with Gasteiger partial charge in [0.1, 0.15) is 21.6 Å². The van der Waals surface area contributed by atoms with Crippen LogP contribution >= 0.6 is 0 Å². The highest BCUT2D eigenvalue weighted by Crippen LogP contribution is 2.41. The van der Waals surface area contributed by atoms with E-state index in [0.717, 1.165) is 11.1 Å². The van der Waals surface area contributed by atoms with E-state index in [1.807, 2.05) is 13.8 Å². The lowest BCUT2D eigenvalue weighted by Crippen LogP contribution is -2.31. The number of fused-ring (bicyclic) bond motifs is 1. The van der Waals surface area contributed by atoms with Gasteiger partial charge in [0.05, 0.1) is 6.42 Å². The Hall–Kier alpha value is -5.78. The van der Waals surface area contributed by atoms with Crippen LogP contribution in [0.3, 0.4) is 0 Å². The van der Waals surface area contributed by atoms with Crippen molar-refractivity contribution in [3.05, 3.63) is 142 Å². The lowest BCUT2D eigenvalue weighted by Gasteiger charge is -2.33. The molecule has 1 unspecified atom stereocenters. The predicted molar refractivity (Wildman–Crippen MR) is 187 cm³/mol. The number of carbonyl (C=O) groups excluding carboxylic acids is 2. The molecule has 0 bridgehead atoms. The summed E-state index contributed by atoms with van der Waals surface area (Å²) in [7, 11) is -8.63. The Bertz CT molecular complexity index is 2430. The molecule has 0 fully saturated rings. The van der Waals surface area contributed by atoms with E-state index >= 15 is 0 Å². The molecule has 0 aliphatic heterocycles. The number of ketones is 2. The van der Waals surface area contributed by atoms with Crippen LogP contribution in [0.15, 0.2) is 113 Å². The first kappa shape index (κ1) is 35.1. The van der Waals surface area contributed by atoms with Crippen LogP contribution in [0.5, 0.6) is 11.5 Å². The molecule has 3 aromatic carbocycles. The fraction of sp³-hybridized carbons (Fsp3) is 0.189. The van der Waals surface area contributed by atoms with E-state index < -0.39 is 36.7 Å². The van der Waals surface area contributed by atoms with Crippen LogP contribution in [0.25, 0.3) is 17.1 Å². The summed E-state index contributed by atoms with van der Waals surface area (Å²) in [5.74, 6) is -0.839. The third-order valence-electron chi connectivity index (χ3n) is 9.39. The maximum absolute atomic E-state index is 13.4. The summed E-state index contributed by atoms with van der Waals surface area (Å²) < 4.78 is 64.5. The van der Waals surface area contributed by atoms with Gasteiger partial charge in [-0.1, -0.05) is 56.3 Å². The largest absolute Gasteiger partial charge is 0.382 e. The van der Waals surface area contributed by atoms with Crippen molar-refractivity contribution in [2.45, 2.75) is 48.7 Å². The van der Waals surface area contributed by atoms with Crippen LogP contribution in [-0.4, -0.2) is 54.7 Å². The highest BCUT2D eigenvalue weighted by atomic mass is 32.2. The molecule has 0 amide bonds. The van der Waals surface area contributed by atoms with Gasteiger partial charge in [-0.3, -0.25) is 9.59 Å². The molecular formula is C37H30N4O8S2. The molecular weight excluding hydrogens is 693 g/mol. The highest BCUT2D eigenvalue weighted by Gasteiger charge is 2.38. The van der Waals surface area contributed by atoms with Crippen molar-refractivity contribution in [1.29, 1.82) is 0 Å². The molecule has 14 heteroatoms. The standard InChI is InChI=1S/C37H30N4O8S2/c1-3-37(4-2,23-8-13-26(14-9-23)48-50(44,45)34-7-5-6-30-28(34)18-19-32(41-39)36(30)43)24-10-15-27(16-11-24)49-51(46,47)35-21-20-33(42)31-22-25(40-38)12-17-29(31)35/h5-21,35H,3-4,22H2,1-2H3. The fourth-order valence-corrected chi connectivity index (χ4v) is 9.09. The summed E-state index contributed by atoms with van der Waals surface area (Å²) in [4.78, 5) is 30.9. The van der Waals surface area contributed by atoms with E-state index in [0.29, 0.717) is 12.8 Å². The second-order valence-electron chi connectivity index (χ2n) is 12.0. The zero-order valence-corrected chi connectivity index (χ0v) is 29.0. The third-order valence-corrected chi connectivity index (χ3v) is 12.2. The molecule has 6 rings (SSSR count). The fourth-order valence-electron chi connectivity index (χ4n) is 6.66.